The van der Waals surface area contributed by atoms with E-state index in [1.807, 2.05) is 0 Å². The van der Waals surface area contributed by atoms with Gasteiger partial charge in [-0.1, -0.05) is 27.2 Å². The molecule has 1 unspecified atom stereocenters. The Hall–Kier alpha value is -0.0400. The van der Waals surface area contributed by atoms with Gasteiger partial charge in [0.25, 0.3) is 0 Å². The van der Waals surface area contributed by atoms with Crippen molar-refractivity contribution in [3.8, 4) is 0 Å². The largest absolute Gasteiger partial charge is 0.328 e. The highest BCUT2D eigenvalue weighted by atomic mass is 14.6. The molecule has 0 spiro atoms. The summed E-state index contributed by atoms with van der Waals surface area (Å²) in [4.78, 5) is 0. The van der Waals surface area contributed by atoms with Crippen molar-refractivity contribution in [2.24, 2.45) is 17.6 Å². The summed E-state index contributed by atoms with van der Waals surface area (Å²) < 4.78 is 0. The van der Waals surface area contributed by atoms with Crippen LogP contribution >= 0.6 is 0 Å². The van der Waals surface area contributed by atoms with Crippen LogP contribution in [0.4, 0.5) is 0 Å². The number of rotatable bonds is 4. The summed E-state index contributed by atoms with van der Waals surface area (Å²) >= 11 is 0. The molecular formula is C9H21N. The molecule has 0 aromatic carbocycles. The minimum atomic E-state index is 0.365. The summed E-state index contributed by atoms with van der Waals surface area (Å²) in [5.74, 6) is 1.61. The molecule has 0 aromatic heterocycles. The molecule has 0 saturated carbocycles. The summed E-state index contributed by atoms with van der Waals surface area (Å²) in [5, 5.41) is 0. The van der Waals surface area contributed by atoms with Crippen molar-refractivity contribution in [1.29, 1.82) is 0 Å². The first-order valence-corrected chi connectivity index (χ1v) is 4.33. The predicted molar refractivity (Wildman–Crippen MR) is 46.9 cm³/mol. The third-order valence-corrected chi connectivity index (χ3v) is 2.36. The van der Waals surface area contributed by atoms with E-state index in [0.717, 1.165) is 18.3 Å². The Balaban J connectivity index is 3.50. The van der Waals surface area contributed by atoms with Crippen molar-refractivity contribution in [2.75, 3.05) is 0 Å². The van der Waals surface area contributed by atoms with Crippen molar-refractivity contribution in [1.82, 2.24) is 0 Å². The van der Waals surface area contributed by atoms with Gasteiger partial charge in [0.05, 0.1) is 0 Å². The molecule has 0 rings (SSSR count). The van der Waals surface area contributed by atoms with Gasteiger partial charge in [-0.2, -0.15) is 0 Å². The molecular weight excluding hydrogens is 122 g/mol. The third kappa shape index (κ3) is 3.89. The van der Waals surface area contributed by atoms with Gasteiger partial charge < -0.3 is 5.73 Å². The molecule has 0 radical (unpaired) electrons. The molecule has 0 amide bonds. The lowest BCUT2D eigenvalue weighted by atomic mass is 9.89. The Bertz CT molecular complexity index is 78.8. The van der Waals surface area contributed by atoms with Gasteiger partial charge in [-0.3, -0.25) is 0 Å². The van der Waals surface area contributed by atoms with Gasteiger partial charge in [0.1, 0.15) is 0 Å². The van der Waals surface area contributed by atoms with Crippen LogP contribution < -0.4 is 5.73 Å². The fraction of sp³-hybridized carbons (Fsp3) is 1.00. The fourth-order valence-electron chi connectivity index (χ4n) is 1.22. The lowest BCUT2D eigenvalue weighted by Gasteiger charge is -2.19. The van der Waals surface area contributed by atoms with E-state index >= 15 is 0 Å². The van der Waals surface area contributed by atoms with Crippen LogP contribution in [0.3, 0.4) is 0 Å². The molecule has 10 heavy (non-hydrogen) atoms. The van der Waals surface area contributed by atoms with Crippen molar-refractivity contribution in [3.63, 3.8) is 0 Å². The van der Waals surface area contributed by atoms with E-state index in [0.29, 0.717) is 6.04 Å². The van der Waals surface area contributed by atoms with Gasteiger partial charge >= 0.3 is 0 Å². The van der Waals surface area contributed by atoms with Crippen LogP contribution in [0.5, 0.6) is 0 Å². The topological polar surface area (TPSA) is 26.0 Å². The molecule has 1 heteroatoms. The summed E-state index contributed by atoms with van der Waals surface area (Å²) in [7, 11) is 0. The van der Waals surface area contributed by atoms with E-state index in [1.165, 1.54) is 6.42 Å². The average Bonchev–Trinajstić information content (AvgIpc) is 1.85. The van der Waals surface area contributed by atoms with Gasteiger partial charge in [0.2, 0.25) is 0 Å². The molecule has 0 heterocycles. The van der Waals surface area contributed by atoms with E-state index < -0.39 is 0 Å². The molecule has 1 nitrogen and oxygen atoms in total. The van der Waals surface area contributed by atoms with Crippen LogP contribution in [0.25, 0.3) is 0 Å². The first-order valence-electron chi connectivity index (χ1n) is 4.33. The molecule has 0 aliphatic carbocycles. The van der Waals surface area contributed by atoms with Gasteiger partial charge in [-0.15, -0.1) is 0 Å². The summed E-state index contributed by atoms with van der Waals surface area (Å²) in [6, 6.07) is 0.365. The zero-order chi connectivity index (χ0) is 8.15. The molecule has 0 aliphatic heterocycles. The molecule has 0 bridgehead atoms. The van der Waals surface area contributed by atoms with Crippen molar-refractivity contribution >= 4 is 0 Å². The van der Waals surface area contributed by atoms with Crippen LogP contribution in [0.1, 0.15) is 40.5 Å². The van der Waals surface area contributed by atoms with Crippen LogP contribution in [0.15, 0.2) is 0 Å². The summed E-state index contributed by atoms with van der Waals surface area (Å²) in [6.45, 7) is 8.91. The average molecular weight is 143 g/mol. The second kappa shape index (κ2) is 4.73. The van der Waals surface area contributed by atoms with Crippen molar-refractivity contribution in [2.45, 2.75) is 46.6 Å². The normalized spacial score (nSPS) is 20.1. The Morgan fingerprint density at radius 2 is 1.60 bits per heavy atom. The quantitative estimate of drug-likeness (QED) is 0.642. The lowest BCUT2D eigenvalue weighted by Crippen LogP contribution is -2.21. The standard InChI is InChI=1S/C9H21N/c1-5-7(2)8(3)6-9(4)10/h7-9H,5-6,10H2,1-4H3/t7-,8?,9+/m0/s1. The number of hydrogen-bond donors (Lipinski definition) is 1. The Morgan fingerprint density at radius 3 is 1.90 bits per heavy atom. The van der Waals surface area contributed by atoms with E-state index in [4.69, 9.17) is 5.73 Å². The number of nitrogens with two attached hydrogens (primary N) is 1. The molecule has 0 aliphatic rings. The van der Waals surface area contributed by atoms with Crippen LogP contribution in [-0.2, 0) is 0 Å². The minimum Gasteiger partial charge on any atom is -0.328 e. The number of hydrogen-bond acceptors (Lipinski definition) is 1. The Labute approximate surface area is 65.0 Å². The van der Waals surface area contributed by atoms with Crippen LogP contribution in [0, 0.1) is 11.8 Å². The van der Waals surface area contributed by atoms with Crippen molar-refractivity contribution < 1.29 is 0 Å². The van der Waals surface area contributed by atoms with E-state index in [1.54, 1.807) is 0 Å². The highest BCUT2D eigenvalue weighted by Gasteiger charge is 2.11. The highest BCUT2D eigenvalue weighted by molar-refractivity contribution is 4.65. The Morgan fingerprint density at radius 1 is 1.10 bits per heavy atom. The maximum absolute atomic E-state index is 5.69. The highest BCUT2D eigenvalue weighted by Crippen LogP contribution is 2.18. The Kier molecular flexibility index (Phi) is 4.71. The maximum Gasteiger partial charge on any atom is 0.00131 e. The smallest absolute Gasteiger partial charge is 0.00131 e. The second-order valence-corrected chi connectivity index (χ2v) is 3.58. The summed E-state index contributed by atoms with van der Waals surface area (Å²) in [5.41, 5.74) is 5.69. The van der Waals surface area contributed by atoms with Gasteiger partial charge in [-0.25, -0.2) is 0 Å². The van der Waals surface area contributed by atoms with Gasteiger partial charge in [-0.05, 0) is 25.2 Å². The molecule has 2 N–H and O–H groups in total. The zero-order valence-electron chi connectivity index (χ0n) is 7.72. The van der Waals surface area contributed by atoms with E-state index in [9.17, 15) is 0 Å². The van der Waals surface area contributed by atoms with Crippen LogP contribution in [-0.4, -0.2) is 6.04 Å². The first-order chi connectivity index (χ1) is 4.57. The van der Waals surface area contributed by atoms with E-state index in [2.05, 4.69) is 27.7 Å². The second-order valence-electron chi connectivity index (χ2n) is 3.58. The molecule has 0 saturated heterocycles. The van der Waals surface area contributed by atoms with Gasteiger partial charge in [0.15, 0.2) is 0 Å². The summed E-state index contributed by atoms with van der Waals surface area (Å²) in [6.07, 6.45) is 2.43. The van der Waals surface area contributed by atoms with Crippen LogP contribution in [0.2, 0.25) is 0 Å². The fourth-order valence-corrected chi connectivity index (χ4v) is 1.22. The molecule has 0 aromatic rings. The SMILES string of the molecule is CC[C@H](C)C(C)C[C@@H](C)N. The first kappa shape index (κ1) is 9.96. The molecule has 3 atom stereocenters. The third-order valence-electron chi connectivity index (χ3n) is 2.36. The zero-order valence-corrected chi connectivity index (χ0v) is 7.72. The predicted octanol–water partition coefficient (Wildman–Crippen LogP) is 2.41. The van der Waals surface area contributed by atoms with Gasteiger partial charge in [0, 0.05) is 6.04 Å². The minimum absolute atomic E-state index is 0.365. The van der Waals surface area contributed by atoms with Crippen molar-refractivity contribution in [3.05, 3.63) is 0 Å². The maximum atomic E-state index is 5.69. The molecule has 62 valence electrons. The lowest BCUT2D eigenvalue weighted by molar-refractivity contribution is 0.336. The van der Waals surface area contributed by atoms with E-state index in [-0.39, 0.29) is 0 Å². The molecule has 0 fully saturated rings. The monoisotopic (exact) mass is 143 g/mol.